The van der Waals surface area contributed by atoms with Gasteiger partial charge in [0.05, 0.1) is 6.04 Å². The van der Waals surface area contributed by atoms with Gasteiger partial charge in [-0.1, -0.05) is 35.9 Å². The van der Waals surface area contributed by atoms with Crippen molar-refractivity contribution in [2.75, 3.05) is 0 Å². The largest absolute Gasteiger partial charge is 0.320 e. The topological polar surface area (TPSA) is 26.0 Å². The monoisotopic (exact) mass is 259 g/mol. The van der Waals surface area contributed by atoms with Gasteiger partial charge in [0.15, 0.2) is 0 Å². The van der Waals surface area contributed by atoms with Crippen LogP contribution in [0.5, 0.6) is 0 Å². The highest BCUT2D eigenvalue weighted by Crippen LogP contribution is 2.26. The fourth-order valence-corrected chi connectivity index (χ4v) is 2.26. The Bertz CT molecular complexity index is 575. The van der Waals surface area contributed by atoms with Gasteiger partial charge in [0.25, 0.3) is 0 Å². The number of aryl methyl sites for hydroxylation is 3. The van der Waals surface area contributed by atoms with E-state index in [2.05, 4.69) is 39.0 Å². The number of halogens is 1. The van der Waals surface area contributed by atoms with Gasteiger partial charge in [0.1, 0.15) is 0 Å². The maximum absolute atomic E-state index is 6.35. The Labute approximate surface area is 114 Å². The van der Waals surface area contributed by atoms with Crippen molar-refractivity contribution in [1.82, 2.24) is 0 Å². The minimum Gasteiger partial charge on any atom is -0.320 e. The average Bonchev–Trinajstić information content (AvgIpc) is 2.35. The van der Waals surface area contributed by atoms with Crippen LogP contribution in [0.25, 0.3) is 0 Å². The summed E-state index contributed by atoms with van der Waals surface area (Å²) in [6.07, 6.45) is 0. The summed E-state index contributed by atoms with van der Waals surface area (Å²) in [5.74, 6) is 0. The van der Waals surface area contributed by atoms with E-state index >= 15 is 0 Å². The molecule has 18 heavy (non-hydrogen) atoms. The highest BCUT2D eigenvalue weighted by Gasteiger charge is 2.12. The van der Waals surface area contributed by atoms with E-state index in [0.717, 1.165) is 16.1 Å². The minimum absolute atomic E-state index is 0.122. The smallest absolute Gasteiger partial charge is 0.0554 e. The van der Waals surface area contributed by atoms with Crippen molar-refractivity contribution in [3.63, 3.8) is 0 Å². The molecule has 2 aromatic rings. The Hall–Kier alpha value is -1.31. The summed E-state index contributed by atoms with van der Waals surface area (Å²) in [6, 6.07) is 12.1. The lowest BCUT2D eigenvalue weighted by molar-refractivity contribution is 0.859. The summed E-state index contributed by atoms with van der Waals surface area (Å²) in [7, 11) is 0. The zero-order valence-corrected chi connectivity index (χ0v) is 11.8. The lowest BCUT2D eigenvalue weighted by Crippen LogP contribution is -2.13. The van der Waals surface area contributed by atoms with E-state index in [1.165, 1.54) is 16.7 Å². The van der Waals surface area contributed by atoms with E-state index < -0.39 is 0 Å². The van der Waals surface area contributed by atoms with Gasteiger partial charge in [-0.2, -0.15) is 0 Å². The molecule has 1 unspecified atom stereocenters. The Kier molecular flexibility index (Phi) is 3.74. The number of nitrogens with two attached hydrogens (primary N) is 1. The molecule has 0 aromatic heterocycles. The van der Waals surface area contributed by atoms with Crippen LogP contribution in [0.1, 0.15) is 33.9 Å². The molecule has 0 fully saturated rings. The Morgan fingerprint density at radius 1 is 0.889 bits per heavy atom. The SMILES string of the molecule is Cc1ccc(C(N)c2cc(Cl)ccc2C)cc1C. The molecular weight excluding hydrogens is 242 g/mol. The van der Waals surface area contributed by atoms with Crippen LogP contribution < -0.4 is 5.73 Å². The summed E-state index contributed by atoms with van der Waals surface area (Å²) in [4.78, 5) is 0. The first-order valence-corrected chi connectivity index (χ1v) is 6.45. The Morgan fingerprint density at radius 2 is 1.56 bits per heavy atom. The molecule has 94 valence electrons. The Balaban J connectivity index is 2.44. The lowest BCUT2D eigenvalue weighted by Gasteiger charge is -2.17. The van der Waals surface area contributed by atoms with Crippen LogP contribution in [0.3, 0.4) is 0 Å². The van der Waals surface area contributed by atoms with Crippen molar-refractivity contribution in [2.45, 2.75) is 26.8 Å². The van der Waals surface area contributed by atoms with Crippen LogP contribution >= 0.6 is 11.6 Å². The average molecular weight is 260 g/mol. The maximum Gasteiger partial charge on any atom is 0.0554 e. The first-order chi connectivity index (χ1) is 8.49. The lowest BCUT2D eigenvalue weighted by atomic mass is 9.94. The zero-order valence-electron chi connectivity index (χ0n) is 11.0. The summed E-state index contributed by atoms with van der Waals surface area (Å²) in [5, 5.41) is 0.731. The van der Waals surface area contributed by atoms with Gasteiger partial charge in [0, 0.05) is 5.02 Å². The summed E-state index contributed by atoms with van der Waals surface area (Å²) < 4.78 is 0. The van der Waals surface area contributed by atoms with Crippen LogP contribution in [0, 0.1) is 20.8 Å². The molecule has 2 heteroatoms. The molecule has 0 aliphatic rings. The molecule has 2 rings (SSSR count). The van der Waals surface area contributed by atoms with Crippen LogP contribution in [0.2, 0.25) is 5.02 Å². The molecule has 2 aromatic carbocycles. The van der Waals surface area contributed by atoms with E-state index in [9.17, 15) is 0 Å². The zero-order chi connectivity index (χ0) is 13.3. The molecule has 2 N–H and O–H groups in total. The standard InChI is InChI=1S/C16H18ClN/c1-10-4-6-13(8-12(10)3)16(18)15-9-14(17)7-5-11(15)2/h4-9,16H,18H2,1-3H3. The van der Waals surface area contributed by atoms with Crippen molar-refractivity contribution in [3.05, 3.63) is 69.2 Å². The molecule has 0 aliphatic carbocycles. The third kappa shape index (κ3) is 2.58. The fourth-order valence-electron chi connectivity index (χ4n) is 2.08. The second kappa shape index (κ2) is 5.13. The minimum atomic E-state index is -0.122. The normalized spacial score (nSPS) is 12.5. The number of hydrogen-bond donors (Lipinski definition) is 1. The van der Waals surface area contributed by atoms with Gasteiger partial charge < -0.3 is 5.73 Å². The maximum atomic E-state index is 6.35. The number of hydrogen-bond acceptors (Lipinski definition) is 1. The molecule has 0 saturated heterocycles. The highest BCUT2D eigenvalue weighted by molar-refractivity contribution is 6.30. The molecule has 1 nitrogen and oxygen atoms in total. The van der Waals surface area contributed by atoms with Gasteiger partial charge in [-0.3, -0.25) is 0 Å². The molecule has 0 heterocycles. The van der Waals surface area contributed by atoms with Gasteiger partial charge >= 0.3 is 0 Å². The molecule has 0 saturated carbocycles. The number of rotatable bonds is 2. The third-order valence-electron chi connectivity index (χ3n) is 3.47. The van der Waals surface area contributed by atoms with E-state index in [0.29, 0.717) is 0 Å². The van der Waals surface area contributed by atoms with Crippen molar-refractivity contribution in [2.24, 2.45) is 5.73 Å². The molecule has 0 aliphatic heterocycles. The quantitative estimate of drug-likeness (QED) is 0.854. The summed E-state index contributed by atoms with van der Waals surface area (Å²) >= 11 is 6.05. The molecule has 0 bridgehead atoms. The van der Waals surface area contributed by atoms with Crippen LogP contribution in [-0.2, 0) is 0 Å². The fraction of sp³-hybridized carbons (Fsp3) is 0.250. The van der Waals surface area contributed by atoms with E-state index in [1.807, 2.05) is 18.2 Å². The second-order valence-electron chi connectivity index (χ2n) is 4.82. The van der Waals surface area contributed by atoms with Crippen LogP contribution in [0.15, 0.2) is 36.4 Å². The van der Waals surface area contributed by atoms with Gasteiger partial charge in [-0.15, -0.1) is 0 Å². The van der Waals surface area contributed by atoms with Crippen molar-refractivity contribution in [3.8, 4) is 0 Å². The van der Waals surface area contributed by atoms with Crippen molar-refractivity contribution < 1.29 is 0 Å². The van der Waals surface area contributed by atoms with E-state index in [1.54, 1.807) is 0 Å². The molecule has 0 radical (unpaired) electrons. The van der Waals surface area contributed by atoms with Gasteiger partial charge in [-0.25, -0.2) is 0 Å². The summed E-state index contributed by atoms with van der Waals surface area (Å²) in [5.41, 5.74) is 12.3. The number of benzene rings is 2. The van der Waals surface area contributed by atoms with Crippen molar-refractivity contribution in [1.29, 1.82) is 0 Å². The predicted octanol–water partition coefficient (Wildman–Crippen LogP) is 4.31. The van der Waals surface area contributed by atoms with E-state index in [4.69, 9.17) is 17.3 Å². The highest BCUT2D eigenvalue weighted by atomic mass is 35.5. The van der Waals surface area contributed by atoms with E-state index in [-0.39, 0.29) is 6.04 Å². The summed E-state index contributed by atoms with van der Waals surface area (Å²) in [6.45, 7) is 6.28. The first-order valence-electron chi connectivity index (χ1n) is 6.08. The Morgan fingerprint density at radius 3 is 2.22 bits per heavy atom. The van der Waals surface area contributed by atoms with Crippen LogP contribution in [0.4, 0.5) is 0 Å². The second-order valence-corrected chi connectivity index (χ2v) is 5.26. The molecule has 0 amide bonds. The molecule has 0 spiro atoms. The predicted molar refractivity (Wildman–Crippen MR) is 78.1 cm³/mol. The third-order valence-corrected chi connectivity index (χ3v) is 3.70. The van der Waals surface area contributed by atoms with Crippen LogP contribution in [-0.4, -0.2) is 0 Å². The van der Waals surface area contributed by atoms with Gasteiger partial charge in [-0.05, 0) is 60.7 Å². The molecular formula is C16H18ClN. The first kappa shape index (κ1) is 13.1. The van der Waals surface area contributed by atoms with Gasteiger partial charge in [0.2, 0.25) is 0 Å². The van der Waals surface area contributed by atoms with Crippen molar-refractivity contribution >= 4 is 11.6 Å². The molecule has 1 atom stereocenters.